The molecule has 5 nitrogen and oxygen atoms in total. The van der Waals surface area contributed by atoms with Crippen LogP contribution in [0.25, 0.3) is 6.08 Å². The van der Waals surface area contributed by atoms with Gasteiger partial charge in [-0.2, -0.15) is 11.8 Å². The third kappa shape index (κ3) is 6.55. The van der Waals surface area contributed by atoms with E-state index in [2.05, 4.69) is 5.32 Å². The number of benzene rings is 2. The van der Waals surface area contributed by atoms with Crippen molar-refractivity contribution in [1.82, 2.24) is 5.32 Å². The molecule has 0 aromatic heterocycles. The van der Waals surface area contributed by atoms with Crippen LogP contribution in [0.15, 0.2) is 54.3 Å². The van der Waals surface area contributed by atoms with Gasteiger partial charge in [0, 0.05) is 16.8 Å². The SMILES string of the molecule is O=C(CN1C(=O)C(=Cc2cccc(Cl)c2)Oc2ccccc21)NCCCSC1CCCCC1. The van der Waals surface area contributed by atoms with Gasteiger partial charge in [0.2, 0.25) is 5.91 Å². The van der Waals surface area contributed by atoms with E-state index in [9.17, 15) is 9.59 Å². The predicted molar refractivity (Wildman–Crippen MR) is 136 cm³/mol. The molecule has 1 aliphatic carbocycles. The van der Waals surface area contributed by atoms with Crippen LogP contribution in [0.3, 0.4) is 0 Å². The number of nitrogens with zero attached hydrogens (tertiary/aromatic N) is 1. The van der Waals surface area contributed by atoms with Crippen molar-refractivity contribution in [2.24, 2.45) is 0 Å². The Morgan fingerprint density at radius 2 is 1.97 bits per heavy atom. The molecule has 1 N–H and O–H groups in total. The average Bonchev–Trinajstić information content (AvgIpc) is 2.82. The highest BCUT2D eigenvalue weighted by atomic mass is 35.5. The van der Waals surface area contributed by atoms with E-state index in [0.717, 1.165) is 23.0 Å². The summed E-state index contributed by atoms with van der Waals surface area (Å²) >= 11 is 8.10. The zero-order valence-corrected chi connectivity index (χ0v) is 20.2. The number of hydrogen-bond acceptors (Lipinski definition) is 4. The monoisotopic (exact) mass is 484 g/mol. The maximum absolute atomic E-state index is 13.2. The highest BCUT2D eigenvalue weighted by Gasteiger charge is 2.31. The van der Waals surface area contributed by atoms with Crippen LogP contribution in [-0.2, 0) is 9.59 Å². The number of halogens is 1. The van der Waals surface area contributed by atoms with Gasteiger partial charge in [-0.15, -0.1) is 0 Å². The average molecular weight is 485 g/mol. The van der Waals surface area contributed by atoms with Gasteiger partial charge in [-0.3, -0.25) is 14.5 Å². The molecule has 2 aromatic rings. The Morgan fingerprint density at radius 3 is 2.79 bits per heavy atom. The quantitative estimate of drug-likeness (QED) is 0.387. The number of carbonyl (C=O) groups is 2. The number of amides is 2. The number of anilines is 1. The van der Waals surface area contributed by atoms with Crippen molar-refractivity contribution in [2.75, 3.05) is 23.7 Å². The molecular formula is C26H29ClN2O3S. The van der Waals surface area contributed by atoms with Crippen LogP contribution in [0.2, 0.25) is 5.02 Å². The van der Waals surface area contributed by atoms with Gasteiger partial charge in [-0.05, 0) is 60.9 Å². The van der Waals surface area contributed by atoms with Crippen molar-refractivity contribution >= 4 is 46.9 Å². The van der Waals surface area contributed by atoms with Crippen LogP contribution < -0.4 is 15.0 Å². The molecule has 174 valence electrons. The summed E-state index contributed by atoms with van der Waals surface area (Å²) < 4.78 is 5.86. The molecule has 0 saturated heterocycles. The van der Waals surface area contributed by atoms with Gasteiger partial charge in [-0.25, -0.2) is 0 Å². The maximum atomic E-state index is 13.2. The molecule has 7 heteroatoms. The number of hydrogen-bond donors (Lipinski definition) is 1. The van der Waals surface area contributed by atoms with Crippen LogP contribution in [0.4, 0.5) is 5.69 Å². The molecule has 4 rings (SSSR count). The second-order valence-corrected chi connectivity index (χ2v) is 10.2. The molecule has 0 atom stereocenters. The Labute approximate surface area is 204 Å². The van der Waals surface area contributed by atoms with Crippen molar-refractivity contribution in [1.29, 1.82) is 0 Å². The number of ether oxygens (including phenoxy) is 1. The fraction of sp³-hybridized carbons (Fsp3) is 0.385. The van der Waals surface area contributed by atoms with E-state index in [1.54, 1.807) is 30.3 Å². The molecule has 0 unspecified atom stereocenters. The molecule has 1 heterocycles. The Balaban J connectivity index is 1.36. The molecule has 1 saturated carbocycles. The Bertz CT molecular complexity index is 1020. The summed E-state index contributed by atoms with van der Waals surface area (Å²) in [7, 11) is 0. The van der Waals surface area contributed by atoms with Crippen molar-refractivity contribution in [3.63, 3.8) is 0 Å². The molecule has 1 fully saturated rings. The zero-order chi connectivity index (χ0) is 23.0. The Hall–Kier alpha value is -2.44. The van der Waals surface area contributed by atoms with Crippen LogP contribution in [0.5, 0.6) is 5.75 Å². The molecule has 33 heavy (non-hydrogen) atoms. The summed E-state index contributed by atoms with van der Waals surface area (Å²) in [6, 6.07) is 14.4. The van der Waals surface area contributed by atoms with Gasteiger partial charge >= 0.3 is 0 Å². The first-order chi connectivity index (χ1) is 16.1. The van der Waals surface area contributed by atoms with Gasteiger partial charge in [0.15, 0.2) is 11.5 Å². The molecule has 2 aliphatic rings. The van der Waals surface area contributed by atoms with E-state index in [4.69, 9.17) is 16.3 Å². The third-order valence-corrected chi connectivity index (χ3v) is 7.53. The highest BCUT2D eigenvalue weighted by molar-refractivity contribution is 7.99. The molecule has 1 aliphatic heterocycles. The lowest BCUT2D eigenvalue weighted by Gasteiger charge is -2.30. The molecule has 0 bridgehead atoms. The smallest absolute Gasteiger partial charge is 0.294 e. The number of thioether (sulfide) groups is 1. The van der Waals surface area contributed by atoms with E-state index in [-0.39, 0.29) is 24.1 Å². The summed E-state index contributed by atoms with van der Waals surface area (Å²) in [4.78, 5) is 27.3. The summed E-state index contributed by atoms with van der Waals surface area (Å²) in [5, 5.41) is 4.32. The number of nitrogens with one attached hydrogen (secondary N) is 1. The van der Waals surface area contributed by atoms with Gasteiger partial charge in [0.1, 0.15) is 6.54 Å². The first-order valence-electron chi connectivity index (χ1n) is 11.5. The third-order valence-electron chi connectivity index (χ3n) is 5.83. The van der Waals surface area contributed by atoms with Crippen LogP contribution >= 0.6 is 23.4 Å². The molecule has 2 amide bonds. The molecule has 0 radical (unpaired) electrons. The van der Waals surface area contributed by atoms with E-state index < -0.39 is 0 Å². The molecule has 2 aromatic carbocycles. The summed E-state index contributed by atoms with van der Waals surface area (Å²) in [5.41, 5.74) is 1.35. The minimum Gasteiger partial charge on any atom is -0.449 e. The van der Waals surface area contributed by atoms with Crippen molar-refractivity contribution in [3.05, 3.63) is 64.9 Å². The standard InChI is InChI=1S/C26H29ClN2O3S/c27-20-9-6-8-19(16-20)17-24-26(31)29(22-12-4-5-13-23(22)32-24)18-25(30)28-14-7-15-33-21-10-2-1-3-11-21/h4-6,8-9,12-13,16-17,21H,1-3,7,10-11,14-15,18H2,(H,28,30). The summed E-state index contributed by atoms with van der Waals surface area (Å²) in [6.45, 7) is 0.561. The normalized spacial score (nSPS) is 17.5. The van der Waals surface area contributed by atoms with Crippen LogP contribution in [-0.4, -0.2) is 35.9 Å². The lowest BCUT2D eigenvalue weighted by atomic mass is 10.0. The van der Waals surface area contributed by atoms with E-state index in [1.165, 1.54) is 37.0 Å². The van der Waals surface area contributed by atoms with Crippen molar-refractivity contribution in [3.8, 4) is 5.75 Å². The molecular weight excluding hydrogens is 456 g/mol. The first-order valence-corrected chi connectivity index (χ1v) is 13.0. The summed E-state index contributed by atoms with van der Waals surface area (Å²) in [6.07, 6.45) is 9.28. The lowest BCUT2D eigenvalue weighted by molar-refractivity contribution is -0.123. The maximum Gasteiger partial charge on any atom is 0.294 e. The Kier molecular flexibility index (Phi) is 8.35. The van der Waals surface area contributed by atoms with Gasteiger partial charge in [0.05, 0.1) is 5.69 Å². The lowest BCUT2D eigenvalue weighted by Crippen LogP contribution is -2.44. The first kappa shape index (κ1) is 23.7. The fourth-order valence-corrected chi connectivity index (χ4v) is 5.66. The van der Waals surface area contributed by atoms with Crippen molar-refractivity contribution in [2.45, 2.75) is 43.8 Å². The minimum absolute atomic E-state index is 0.0537. The van der Waals surface area contributed by atoms with E-state index in [1.807, 2.05) is 36.0 Å². The van der Waals surface area contributed by atoms with Gasteiger partial charge in [0.25, 0.3) is 5.91 Å². The number of para-hydroxylation sites is 2. The predicted octanol–water partition coefficient (Wildman–Crippen LogP) is 5.68. The van der Waals surface area contributed by atoms with Crippen LogP contribution in [0, 0.1) is 0 Å². The van der Waals surface area contributed by atoms with Gasteiger partial charge < -0.3 is 10.1 Å². The largest absolute Gasteiger partial charge is 0.449 e. The highest BCUT2D eigenvalue weighted by Crippen LogP contribution is 2.35. The molecule has 0 spiro atoms. The number of fused-ring (bicyclic) bond motifs is 1. The zero-order valence-electron chi connectivity index (χ0n) is 18.6. The fourth-order valence-electron chi connectivity index (χ4n) is 4.15. The number of rotatable bonds is 8. The topological polar surface area (TPSA) is 58.6 Å². The second kappa shape index (κ2) is 11.6. The van der Waals surface area contributed by atoms with Crippen molar-refractivity contribution < 1.29 is 14.3 Å². The van der Waals surface area contributed by atoms with E-state index in [0.29, 0.717) is 23.0 Å². The minimum atomic E-state index is -0.350. The number of carbonyl (C=O) groups excluding carboxylic acids is 2. The van der Waals surface area contributed by atoms with Crippen LogP contribution in [0.1, 0.15) is 44.1 Å². The second-order valence-electron chi connectivity index (χ2n) is 8.36. The van der Waals surface area contributed by atoms with Gasteiger partial charge in [-0.1, -0.05) is 55.1 Å². The Morgan fingerprint density at radius 1 is 1.15 bits per heavy atom. The van der Waals surface area contributed by atoms with E-state index >= 15 is 0 Å². The summed E-state index contributed by atoms with van der Waals surface area (Å²) in [5.74, 6) is 1.23.